The van der Waals surface area contributed by atoms with Crippen LogP contribution in [-0.4, -0.2) is 19.7 Å². The molecule has 0 aliphatic carbocycles. The highest BCUT2D eigenvalue weighted by molar-refractivity contribution is 9.10. The number of rotatable bonds is 3. The molecule has 3 heterocycles. The molecule has 0 N–H and O–H groups in total. The summed E-state index contributed by atoms with van der Waals surface area (Å²) in [7, 11) is 0. The molecule has 27 heavy (non-hydrogen) atoms. The van der Waals surface area contributed by atoms with Crippen LogP contribution in [0.15, 0.2) is 69.9 Å². The lowest BCUT2D eigenvalue weighted by Crippen LogP contribution is -2.20. The smallest absolute Gasteiger partial charge is 0.278 e. The van der Waals surface area contributed by atoms with Gasteiger partial charge in [-0.1, -0.05) is 63.6 Å². The fraction of sp³-hybridized carbons (Fsp3) is 0.150. The van der Waals surface area contributed by atoms with E-state index >= 15 is 0 Å². The third-order valence-corrected chi connectivity index (χ3v) is 5.11. The van der Waals surface area contributed by atoms with Crippen LogP contribution in [0.1, 0.15) is 17.4 Å². The largest absolute Gasteiger partial charge is 0.365 e. The van der Waals surface area contributed by atoms with E-state index in [9.17, 15) is 0 Å². The third kappa shape index (κ3) is 3.09. The summed E-state index contributed by atoms with van der Waals surface area (Å²) in [5.74, 6) is 0.937. The second kappa shape index (κ2) is 6.75. The maximum Gasteiger partial charge on any atom is 0.278 e. The average molecular weight is 423 g/mol. The minimum absolute atomic E-state index is 0.0145. The van der Waals surface area contributed by atoms with Crippen LogP contribution in [0, 0.1) is 0 Å². The minimum atomic E-state index is 0.0145. The van der Waals surface area contributed by atoms with Gasteiger partial charge in [-0.05, 0) is 17.7 Å². The number of aromatic nitrogens is 4. The van der Waals surface area contributed by atoms with Crippen molar-refractivity contribution >= 4 is 15.9 Å². The van der Waals surface area contributed by atoms with Gasteiger partial charge in [0.25, 0.3) is 5.89 Å². The van der Waals surface area contributed by atoms with Crippen molar-refractivity contribution < 1.29 is 9.26 Å². The minimum Gasteiger partial charge on any atom is -0.365 e. The molecule has 0 radical (unpaired) electrons. The van der Waals surface area contributed by atoms with Crippen LogP contribution < -0.4 is 0 Å². The highest BCUT2D eigenvalue weighted by Gasteiger charge is 2.26. The quantitative estimate of drug-likeness (QED) is 0.481. The SMILES string of the molecule is Brc1cccc(-c2noc(-c3ncn4c3COC(c3ccccc3)C4)n2)c1. The molecule has 7 heteroatoms. The van der Waals surface area contributed by atoms with Gasteiger partial charge in [-0.15, -0.1) is 0 Å². The summed E-state index contributed by atoms with van der Waals surface area (Å²) in [5, 5.41) is 4.10. The molecule has 5 rings (SSSR count). The second-order valence-electron chi connectivity index (χ2n) is 6.34. The normalized spacial score (nSPS) is 16.3. The molecule has 2 aromatic carbocycles. The van der Waals surface area contributed by atoms with Gasteiger partial charge in [0.2, 0.25) is 5.82 Å². The number of hydrogen-bond acceptors (Lipinski definition) is 5. The van der Waals surface area contributed by atoms with Crippen molar-refractivity contribution in [2.24, 2.45) is 0 Å². The van der Waals surface area contributed by atoms with Crippen molar-refractivity contribution in [2.75, 3.05) is 0 Å². The Balaban J connectivity index is 1.43. The predicted octanol–water partition coefficient (Wildman–Crippen LogP) is 4.63. The highest BCUT2D eigenvalue weighted by Crippen LogP contribution is 2.32. The lowest BCUT2D eigenvalue weighted by atomic mass is 10.1. The number of fused-ring (bicyclic) bond motifs is 1. The van der Waals surface area contributed by atoms with Crippen LogP contribution in [0.4, 0.5) is 0 Å². The zero-order valence-electron chi connectivity index (χ0n) is 14.2. The van der Waals surface area contributed by atoms with Crippen LogP contribution in [-0.2, 0) is 17.9 Å². The molecule has 2 aromatic heterocycles. The lowest BCUT2D eigenvalue weighted by Gasteiger charge is -2.25. The Morgan fingerprint density at radius 1 is 1.07 bits per heavy atom. The van der Waals surface area contributed by atoms with Crippen LogP contribution in [0.5, 0.6) is 0 Å². The van der Waals surface area contributed by atoms with Crippen LogP contribution in [0.2, 0.25) is 0 Å². The van der Waals surface area contributed by atoms with Gasteiger partial charge in [0.1, 0.15) is 6.10 Å². The molecule has 0 amide bonds. The standard InChI is InChI=1S/C20H15BrN4O2/c21-15-8-4-7-14(9-15)19-23-20(27-24-19)18-16-11-26-17(10-25(16)12-22-18)13-5-2-1-3-6-13/h1-9,12,17H,10-11H2. The molecule has 0 saturated heterocycles. The molecule has 1 atom stereocenters. The summed E-state index contributed by atoms with van der Waals surface area (Å²) >= 11 is 3.46. The monoisotopic (exact) mass is 422 g/mol. The van der Waals surface area contributed by atoms with Crippen LogP contribution >= 0.6 is 15.9 Å². The van der Waals surface area contributed by atoms with Crippen molar-refractivity contribution in [1.29, 1.82) is 0 Å². The van der Waals surface area contributed by atoms with Gasteiger partial charge in [0.15, 0.2) is 5.69 Å². The Bertz CT molecular complexity index is 1090. The number of hydrogen-bond donors (Lipinski definition) is 0. The molecule has 1 unspecified atom stereocenters. The van der Waals surface area contributed by atoms with E-state index in [1.807, 2.05) is 48.8 Å². The molecule has 0 spiro atoms. The van der Waals surface area contributed by atoms with Crippen molar-refractivity contribution in [3.8, 4) is 23.0 Å². The number of nitrogens with zero attached hydrogens (tertiary/aromatic N) is 4. The number of imidazole rings is 1. The van der Waals surface area contributed by atoms with Crippen LogP contribution in [0.3, 0.4) is 0 Å². The third-order valence-electron chi connectivity index (χ3n) is 4.61. The predicted molar refractivity (Wildman–Crippen MR) is 103 cm³/mol. The molecule has 1 aliphatic heterocycles. The van der Waals surface area contributed by atoms with Gasteiger partial charge in [-0.3, -0.25) is 0 Å². The zero-order chi connectivity index (χ0) is 18.2. The molecule has 134 valence electrons. The Labute approximate surface area is 163 Å². The van der Waals surface area contributed by atoms with Gasteiger partial charge in [-0.2, -0.15) is 4.98 Å². The summed E-state index contributed by atoms with van der Waals surface area (Å²) in [6, 6.07) is 18.0. The molecule has 6 nitrogen and oxygen atoms in total. The van der Waals surface area contributed by atoms with E-state index in [1.165, 1.54) is 0 Å². The average Bonchev–Trinajstić information content (AvgIpc) is 3.35. The van der Waals surface area contributed by atoms with Crippen molar-refractivity contribution in [3.05, 3.63) is 76.7 Å². The molecule has 0 bridgehead atoms. The van der Waals surface area contributed by atoms with E-state index in [0.29, 0.717) is 30.6 Å². The van der Waals surface area contributed by atoms with E-state index in [2.05, 4.69) is 47.8 Å². The van der Waals surface area contributed by atoms with Gasteiger partial charge in [-0.25, -0.2) is 4.98 Å². The maximum atomic E-state index is 6.06. The molecular formula is C20H15BrN4O2. The van der Waals surface area contributed by atoms with E-state index in [-0.39, 0.29) is 6.10 Å². The lowest BCUT2D eigenvalue weighted by molar-refractivity contribution is 0.00330. The number of benzene rings is 2. The van der Waals surface area contributed by atoms with E-state index in [0.717, 1.165) is 21.3 Å². The molecule has 0 saturated carbocycles. The van der Waals surface area contributed by atoms with Crippen molar-refractivity contribution in [3.63, 3.8) is 0 Å². The Hall–Kier alpha value is -2.77. The fourth-order valence-corrected chi connectivity index (χ4v) is 3.64. The molecule has 4 aromatic rings. The van der Waals surface area contributed by atoms with Crippen molar-refractivity contribution in [2.45, 2.75) is 19.3 Å². The van der Waals surface area contributed by atoms with Gasteiger partial charge in [0, 0.05) is 10.0 Å². The van der Waals surface area contributed by atoms with E-state index in [4.69, 9.17) is 9.26 Å². The Morgan fingerprint density at radius 2 is 1.96 bits per heavy atom. The Morgan fingerprint density at radius 3 is 2.81 bits per heavy atom. The first-order chi connectivity index (χ1) is 13.3. The first kappa shape index (κ1) is 16.4. The summed E-state index contributed by atoms with van der Waals surface area (Å²) in [6.07, 6.45) is 1.83. The summed E-state index contributed by atoms with van der Waals surface area (Å²) < 4.78 is 14.6. The first-order valence-electron chi connectivity index (χ1n) is 8.58. The molecule has 1 aliphatic rings. The molecular weight excluding hydrogens is 408 g/mol. The van der Waals surface area contributed by atoms with E-state index < -0.39 is 0 Å². The summed E-state index contributed by atoms with van der Waals surface area (Å²) in [6.45, 7) is 1.16. The highest BCUT2D eigenvalue weighted by atomic mass is 79.9. The van der Waals surface area contributed by atoms with Gasteiger partial charge in [0.05, 0.1) is 25.2 Å². The molecule has 0 fully saturated rings. The van der Waals surface area contributed by atoms with Crippen LogP contribution in [0.25, 0.3) is 23.0 Å². The maximum absolute atomic E-state index is 6.06. The zero-order valence-corrected chi connectivity index (χ0v) is 15.8. The van der Waals surface area contributed by atoms with Gasteiger partial charge < -0.3 is 13.8 Å². The fourth-order valence-electron chi connectivity index (χ4n) is 3.24. The Kier molecular flexibility index (Phi) is 4.10. The summed E-state index contributed by atoms with van der Waals surface area (Å²) in [5.41, 5.74) is 3.67. The topological polar surface area (TPSA) is 66.0 Å². The second-order valence-corrected chi connectivity index (χ2v) is 7.25. The van der Waals surface area contributed by atoms with Crippen molar-refractivity contribution in [1.82, 2.24) is 19.7 Å². The van der Waals surface area contributed by atoms with E-state index in [1.54, 1.807) is 0 Å². The van der Waals surface area contributed by atoms with Gasteiger partial charge >= 0.3 is 0 Å². The first-order valence-corrected chi connectivity index (χ1v) is 9.38. The number of ether oxygens (including phenoxy) is 1. The summed E-state index contributed by atoms with van der Waals surface area (Å²) in [4.78, 5) is 9.02. The number of halogens is 1.